The number of nitrogens with zero attached hydrogens (tertiary/aromatic N) is 10. The number of benzene rings is 2. The Kier molecular flexibility index (Phi) is 15.4. The minimum Gasteiger partial charge on any atom is -0.475 e. The molecule has 79 heavy (non-hydrogen) atoms. The third-order valence-corrected chi connectivity index (χ3v) is 13.6. The molecule has 11 rings (SSSR count). The molecule has 26 heteroatoms. The van der Waals surface area contributed by atoms with Crippen molar-refractivity contribution in [2.45, 2.75) is 82.0 Å². The van der Waals surface area contributed by atoms with Crippen LogP contribution in [0.2, 0.25) is 0 Å². The Balaban J connectivity index is 0.000000179. The fraction of sp³-hybridized carbons (Fsp3) is 0.396. The van der Waals surface area contributed by atoms with Gasteiger partial charge in [0.1, 0.15) is 25.4 Å². The van der Waals surface area contributed by atoms with Crippen molar-refractivity contribution in [3.8, 4) is 34.5 Å². The number of urea groups is 2. The van der Waals surface area contributed by atoms with Gasteiger partial charge in [0, 0.05) is 73.2 Å². The number of hydrogen-bond donors (Lipinski definition) is 4. The summed E-state index contributed by atoms with van der Waals surface area (Å²) < 4.78 is 102. The fourth-order valence-electron chi connectivity index (χ4n) is 9.88. The highest BCUT2D eigenvalue weighted by Crippen LogP contribution is 2.42. The number of carbonyl (C=O) groups excluding carboxylic acids is 2. The minimum absolute atomic E-state index is 0.0795. The number of carbonyl (C=O) groups is 2. The highest BCUT2D eigenvalue weighted by atomic mass is 19.4. The first-order valence-electron chi connectivity index (χ1n) is 25.4. The number of ether oxygens (including phenoxy) is 4. The predicted molar refractivity (Wildman–Crippen MR) is 276 cm³/mol. The van der Waals surface area contributed by atoms with Crippen LogP contribution < -0.4 is 39.7 Å². The smallest absolute Gasteiger partial charge is 0.416 e. The lowest BCUT2D eigenvalue weighted by atomic mass is 10.0. The number of fused-ring (bicyclic) bond motifs is 8. The molecule has 20 nitrogen and oxygen atoms in total. The maximum Gasteiger partial charge on any atom is 0.416 e. The van der Waals surface area contributed by atoms with Gasteiger partial charge in [-0.1, -0.05) is 24.3 Å². The van der Waals surface area contributed by atoms with Gasteiger partial charge in [-0.05, 0) is 75.9 Å². The number of hydrogen-bond acceptors (Lipinski definition) is 16. The number of amides is 4. The number of nitrogens with one attached hydrogen (secondary N) is 2. The molecule has 0 unspecified atom stereocenters. The van der Waals surface area contributed by atoms with Gasteiger partial charge >= 0.3 is 24.4 Å². The molecular formula is C53H54F6N12O8. The van der Waals surface area contributed by atoms with E-state index in [0.29, 0.717) is 60.0 Å². The normalized spacial score (nSPS) is 19.5. The molecule has 4 atom stereocenters. The van der Waals surface area contributed by atoms with Crippen LogP contribution in [0.5, 0.6) is 11.8 Å². The third kappa shape index (κ3) is 12.5. The Morgan fingerprint density at radius 3 is 1.67 bits per heavy atom. The van der Waals surface area contributed by atoms with E-state index in [-0.39, 0.29) is 60.1 Å². The van der Waals surface area contributed by atoms with E-state index in [1.165, 1.54) is 47.6 Å². The zero-order valence-electron chi connectivity index (χ0n) is 42.6. The zero-order valence-corrected chi connectivity index (χ0v) is 42.6. The molecule has 4 aromatic heterocycles. The molecule has 4 bridgehead atoms. The average molecular weight is 1100 g/mol. The van der Waals surface area contributed by atoms with E-state index in [9.17, 15) is 41.0 Å². The second-order valence-corrected chi connectivity index (χ2v) is 19.7. The molecule has 0 radical (unpaired) electrons. The van der Waals surface area contributed by atoms with Crippen LogP contribution in [0.25, 0.3) is 22.8 Å². The van der Waals surface area contributed by atoms with Gasteiger partial charge in [-0.2, -0.15) is 26.3 Å². The monoisotopic (exact) mass is 1100 g/mol. The number of piperidine rings is 2. The van der Waals surface area contributed by atoms with Gasteiger partial charge in [-0.15, -0.1) is 0 Å². The van der Waals surface area contributed by atoms with E-state index in [1.54, 1.807) is 35.5 Å². The summed E-state index contributed by atoms with van der Waals surface area (Å²) in [6, 6.07) is 14.7. The van der Waals surface area contributed by atoms with Crippen LogP contribution in [0.3, 0.4) is 0 Å². The van der Waals surface area contributed by atoms with Gasteiger partial charge in [0.2, 0.25) is 11.8 Å². The van der Waals surface area contributed by atoms with Crippen molar-refractivity contribution in [2.24, 2.45) is 0 Å². The van der Waals surface area contributed by atoms with E-state index in [1.807, 2.05) is 13.8 Å². The maximum atomic E-state index is 13.7. The van der Waals surface area contributed by atoms with Crippen molar-refractivity contribution in [3.63, 3.8) is 0 Å². The number of alkyl halides is 6. The number of rotatable bonds is 11. The Morgan fingerprint density at radius 2 is 1.22 bits per heavy atom. The van der Waals surface area contributed by atoms with Crippen molar-refractivity contribution in [1.29, 1.82) is 0 Å². The predicted octanol–water partition coefficient (Wildman–Crippen LogP) is 8.42. The highest BCUT2D eigenvalue weighted by Gasteiger charge is 2.41. The summed E-state index contributed by atoms with van der Waals surface area (Å²) in [7, 11) is 0. The summed E-state index contributed by atoms with van der Waals surface area (Å²) in [6.45, 7) is 6.40. The van der Waals surface area contributed by atoms with Crippen LogP contribution in [-0.2, 0) is 21.8 Å². The summed E-state index contributed by atoms with van der Waals surface area (Å²) in [4.78, 5) is 60.7. The van der Waals surface area contributed by atoms with E-state index in [2.05, 4.69) is 50.3 Å². The van der Waals surface area contributed by atoms with Gasteiger partial charge < -0.3 is 49.6 Å². The van der Waals surface area contributed by atoms with Crippen molar-refractivity contribution in [1.82, 2.24) is 29.9 Å². The number of anilines is 6. The molecule has 4 N–H and O–H groups in total. The van der Waals surface area contributed by atoms with Crippen molar-refractivity contribution < 1.29 is 65.1 Å². The van der Waals surface area contributed by atoms with Crippen molar-refractivity contribution >= 4 is 46.4 Å². The molecule has 0 saturated carbocycles. The third-order valence-electron chi connectivity index (χ3n) is 13.6. The SMILES string of the molecule is CC1(C)OC[C@H](COc2cc(NC(=O)N3c4nc(-c5cccc(C(F)(F)F)c5)ncc4N4CCC[C@H]3C4)ccn2)O1.O=C(Nc1ccnc(OC[C@H](O)CO)c1)N1c2nc(-c3cccc(C(F)(F)F)c3)ncc2N2CCC[C@H]1C2. The lowest BCUT2D eigenvalue weighted by molar-refractivity contribution is -0.141. The van der Waals surface area contributed by atoms with E-state index < -0.39 is 54.0 Å². The summed E-state index contributed by atoms with van der Waals surface area (Å²) >= 11 is 0. The highest BCUT2D eigenvalue weighted by molar-refractivity contribution is 6.05. The van der Waals surface area contributed by atoms with E-state index >= 15 is 0 Å². The largest absolute Gasteiger partial charge is 0.475 e. The standard InChI is InChI=1S/C28H29F3N6O4.C25H25F3N6O4/c1-27(2)40-16-21(41-27)15-39-23-12-19(8-9-32-23)34-26(38)37-20-7-4-10-36(14-20)22-13-33-24(35-25(22)37)17-5-3-6-18(11-17)28(29,30)31;26-25(27,28)16-4-1-3-15(9-16)22-30-11-20-23(32-22)34(18-5-2-8-33(20)12-18)24(37)31-17-6-7-29-21(10-17)38-14-19(36)13-35/h3,5-6,8-9,11-13,20-21H,4,7,10,14-16H2,1-2H3,(H,32,34,38);1,3-4,6-7,9-11,18-19,35-36H,2,5,8,12-14H2,(H,29,31,37)/t20-,21-;18-,19+/m00/s1. The number of aliphatic hydroxyl groups excluding tert-OH is 2. The number of aliphatic hydroxyl groups is 2. The number of halogens is 6. The topological polar surface area (TPSA) is 226 Å². The Labute approximate surface area is 448 Å². The van der Waals surface area contributed by atoms with E-state index in [0.717, 1.165) is 63.0 Å². The molecule has 5 aliphatic heterocycles. The van der Waals surface area contributed by atoms with Gasteiger partial charge in [0.25, 0.3) is 0 Å². The molecule has 0 aliphatic carbocycles. The van der Waals surface area contributed by atoms with E-state index in [4.69, 9.17) is 24.1 Å². The molecule has 3 saturated heterocycles. The second kappa shape index (κ2) is 22.4. The average Bonchev–Trinajstić information content (AvgIpc) is 4.00. The Bertz CT molecular complexity index is 3190. The summed E-state index contributed by atoms with van der Waals surface area (Å²) in [6.07, 6.45) is -1.02. The van der Waals surface area contributed by atoms with Crippen LogP contribution in [-0.4, -0.2) is 135 Å². The minimum atomic E-state index is -4.51. The quantitative estimate of drug-likeness (QED) is 0.0893. The molecule has 416 valence electrons. The van der Waals surface area contributed by atoms with Crippen LogP contribution >= 0.6 is 0 Å². The van der Waals surface area contributed by atoms with Crippen LogP contribution in [0.1, 0.15) is 50.7 Å². The van der Waals surface area contributed by atoms with Gasteiger partial charge in [0.15, 0.2) is 29.1 Å². The van der Waals surface area contributed by atoms with Gasteiger partial charge in [-0.3, -0.25) is 9.80 Å². The lowest BCUT2D eigenvalue weighted by Crippen LogP contribution is -2.56. The molecular weight excluding hydrogens is 1050 g/mol. The number of aromatic nitrogens is 6. The van der Waals surface area contributed by atoms with Gasteiger partial charge in [0.05, 0.1) is 60.2 Å². The Morgan fingerprint density at radius 1 is 0.722 bits per heavy atom. The van der Waals surface area contributed by atoms with Crippen molar-refractivity contribution in [3.05, 3.63) is 109 Å². The molecule has 6 aromatic rings. The van der Waals surface area contributed by atoms with Gasteiger partial charge in [-0.25, -0.2) is 39.5 Å². The molecule has 5 aliphatic rings. The van der Waals surface area contributed by atoms with Crippen LogP contribution in [0, 0.1) is 0 Å². The fourth-order valence-corrected chi connectivity index (χ4v) is 9.88. The molecule has 3 fully saturated rings. The number of pyridine rings is 2. The molecule has 9 heterocycles. The lowest BCUT2D eigenvalue weighted by Gasteiger charge is -2.45. The molecule has 0 spiro atoms. The molecule has 4 amide bonds. The summed E-state index contributed by atoms with van der Waals surface area (Å²) in [5.74, 6) is 0.650. The Hall–Kier alpha value is -7.94. The second-order valence-electron chi connectivity index (χ2n) is 19.7. The first-order chi connectivity index (χ1) is 37.8. The first kappa shape index (κ1) is 54.4. The zero-order chi connectivity index (χ0) is 55.6. The first-order valence-corrected chi connectivity index (χ1v) is 25.4. The van der Waals surface area contributed by atoms with Crippen molar-refractivity contribution in [2.75, 3.05) is 82.8 Å². The molecule has 2 aromatic carbocycles. The summed E-state index contributed by atoms with van der Waals surface area (Å²) in [5, 5.41) is 24.2. The summed E-state index contributed by atoms with van der Waals surface area (Å²) in [5.41, 5.74) is 0.934. The maximum absolute atomic E-state index is 13.7. The van der Waals surface area contributed by atoms with Crippen LogP contribution in [0.15, 0.2) is 97.6 Å². The van der Waals surface area contributed by atoms with Crippen LogP contribution in [0.4, 0.5) is 70.3 Å².